The Balaban J connectivity index is 3.13. The molecule has 1 heterocycles. The van der Waals surface area contributed by atoms with Crippen LogP contribution in [0.4, 0.5) is 13.2 Å². The summed E-state index contributed by atoms with van der Waals surface area (Å²) in [5, 5.41) is 11.7. The second-order valence-electron chi connectivity index (χ2n) is 2.97. The molecule has 0 atom stereocenters. The topological polar surface area (TPSA) is 55.1 Å². The molecule has 4 nitrogen and oxygen atoms in total. The molecule has 0 aromatic carbocycles. The molecule has 1 N–H and O–H groups in total. The minimum absolute atomic E-state index is 0.136. The Hall–Kier alpha value is -1.97. The van der Waals surface area contributed by atoms with Gasteiger partial charge in [-0.1, -0.05) is 5.92 Å². The minimum atomic E-state index is -4.68. The summed E-state index contributed by atoms with van der Waals surface area (Å²) >= 11 is 0. The van der Waals surface area contributed by atoms with Gasteiger partial charge in [0, 0.05) is 11.8 Å². The van der Waals surface area contributed by atoms with Crippen LogP contribution in [0.1, 0.15) is 11.3 Å². The lowest BCUT2D eigenvalue weighted by Gasteiger charge is -2.03. The predicted molar refractivity (Wildman–Crippen MR) is 47.4 cm³/mol. The third-order valence-electron chi connectivity index (χ3n) is 1.70. The van der Waals surface area contributed by atoms with Crippen molar-refractivity contribution in [2.24, 2.45) is 0 Å². The number of carboxylic acids is 1. The molecule has 86 valence electrons. The number of hydrogen-bond donors (Lipinski definition) is 1. The highest BCUT2D eigenvalue weighted by Gasteiger charge is 2.37. The van der Waals surface area contributed by atoms with Gasteiger partial charge in [0.25, 0.3) is 0 Å². The van der Waals surface area contributed by atoms with Gasteiger partial charge in [-0.15, -0.1) is 6.42 Å². The van der Waals surface area contributed by atoms with Crippen molar-refractivity contribution in [3.8, 4) is 12.3 Å². The Morgan fingerprint density at radius 2 is 2.25 bits per heavy atom. The Morgan fingerprint density at radius 3 is 2.69 bits per heavy atom. The summed E-state index contributed by atoms with van der Waals surface area (Å²) < 4.78 is 38.2. The average molecular weight is 232 g/mol. The number of carboxylic acid groups (broad SMARTS) is 1. The van der Waals surface area contributed by atoms with E-state index in [9.17, 15) is 18.0 Å². The fourth-order valence-electron chi connectivity index (χ4n) is 1.17. The van der Waals surface area contributed by atoms with E-state index in [0.29, 0.717) is 0 Å². The van der Waals surface area contributed by atoms with Crippen LogP contribution in [-0.4, -0.2) is 20.9 Å². The second-order valence-corrected chi connectivity index (χ2v) is 2.97. The van der Waals surface area contributed by atoms with Crippen molar-refractivity contribution in [1.29, 1.82) is 0 Å². The molecule has 0 bridgehead atoms. The molecule has 0 aliphatic heterocycles. The SMILES string of the molecule is C#CCn1cc(CC(=O)O)c(C(F)(F)F)n1. The lowest BCUT2D eigenvalue weighted by atomic mass is 10.2. The van der Waals surface area contributed by atoms with Gasteiger partial charge in [-0.3, -0.25) is 9.48 Å². The van der Waals surface area contributed by atoms with Crippen LogP contribution in [0.3, 0.4) is 0 Å². The molecule has 0 aliphatic carbocycles. The largest absolute Gasteiger partial charge is 0.481 e. The Morgan fingerprint density at radius 1 is 1.62 bits per heavy atom. The number of alkyl halides is 3. The zero-order valence-electron chi connectivity index (χ0n) is 7.95. The average Bonchev–Trinajstić information content (AvgIpc) is 2.46. The van der Waals surface area contributed by atoms with Crippen molar-refractivity contribution in [1.82, 2.24) is 9.78 Å². The normalized spacial score (nSPS) is 11.1. The standard InChI is InChI=1S/C9H7F3N2O2/c1-2-3-14-5-6(4-7(15)16)8(13-14)9(10,11)12/h1,5H,3-4H2,(H,15,16). The molecule has 0 amide bonds. The number of aromatic nitrogens is 2. The lowest BCUT2D eigenvalue weighted by molar-refractivity contribution is -0.142. The van der Waals surface area contributed by atoms with Gasteiger partial charge in [0.05, 0.1) is 6.42 Å². The van der Waals surface area contributed by atoms with Crippen LogP contribution >= 0.6 is 0 Å². The molecule has 0 unspecified atom stereocenters. The summed E-state index contributed by atoms with van der Waals surface area (Å²) in [5.74, 6) is 0.759. The van der Waals surface area contributed by atoms with Crippen molar-refractivity contribution < 1.29 is 23.1 Å². The van der Waals surface area contributed by atoms with E-state index in [1.165, 1.54) is 0 Å². The molecule has 0 spiro atoms. The van der Waals surface area contributed by atoms with E-state index in [-0.39, 0.29) is 6.54 Å². The van der Waals surface area contributed by atoms with Crippen molar-refractivity contribution in [2.75, 3.05) is 0 Å². The Labute approximate surface area is 88.7 Å². The highest BCUT2D eigenvalue weighted by molar-refractivity contribution is 5.70. The maximum Gasteiger partial charge on any atom is 0.435 e. The molecule has 7 heteroatoms. The van der Waals surface area contributed by atoms with Gasteiger partial charge in [0.1, 0.15) is 6.54 Å². The van der Waals surface area contributed by atoms with E-state index in [1.807, 2.05) is 0 Å². The van der Waals surface area contributed by atoms with E-state index in [2.05, 4.69) is 11.0 Å². The molecule has 0 saturated carbocycles. The zero-order valence-corrected chi connectivity index (χ0v) is 7.95. The molecule has 0 saturated heterocycles. The molecule has 1 rings (SSSR count). The molecule has 0 aliphatic rings. The Bertz CT molecular complexity index is 443. The first-order chi connectivity index (χ1) is 7.34. The molecular weight excluding hydrogens is 225 g/mol. The molecule has 1 aromatic rings. The van der Waals surface area contributed by atoms with Crippen LogP contribution < -0.4 is 0 Å². The first-order valence-corrected chi connectivity index (χ1v) is 4.13. The van der Waals surface area contributed by atoms with Gasteiger partial charge in [-0.2, -0.15) is 18.3 Å². The summed E-state index contributed by atoms with van der Waals surface area (Å²) in [6.07, 6.45) is 0.506. The molecule has 0 radical (unpaired) electrons. The van der Waals surface area contributed by atoms with Crippen molar-refractivity contribution in [3.05, 3.63) is 17.5 Å². The van der Waals surface area contributed by atoms with Gasteiger partial charge < -0.3 is 5.11 Å². The van der Waals surface area contributed by atoms with Crippen molar-refractivity contribution in [2.45, 2.75) is 19.1 Å². The number of halogens is 3. The van der Waals surface area contributed by atoms with Gasteiger partial charge in [0.2, 0.25) is 0 Å². The highest BCUT2D eigenvalue weighted by Crippen LogP contribution is 2.30. The first-order valence-electron chi connectivity index (χ1n) is 4.13. The number of rotatable bonds is 3. The summed E-state index contributed by atoms with van der Waals surface area (Å²) in [6.45, 7) is -0.136. The summed E-state index contributed by atoms with van der Waals surface area (Å²) in [6, 6.07) is 0. The van der Waals surface area contributed by atoms with Crippen LogP contribution in [0.15, 0.2) is 6.20 Å². The van der Waals surface area contributed by atoms with Crippen molar-refractivity contribution in [3.63, 3.8) is 0 Å². The lowest BCUT2D eigenvalue weighted by Crippen LogP contribution is -2.12. The van der Waals surface area contributed by atoms with E-state index in [0.717, 1.165) is 10.9 Å². The molecular formula is C9H7F3N2O2. The van der Waals surface area contributed by atoms with E-state index in [4.69, 9.17) is 11.5 Å². The third kappa shape index (κ3) is 2.76. The fourth-order valence-corrected chi connectivity index (χ4v) is 1.17. The van der Waals surface area contributed by atoms with E-state index in [1.54, 1.807) is 0 Å². The maximum absolute atomic E-state index is 12.4. The van der Waals surface area contributed by atoms with Crippen LogP contribution in [0.2, 0.25) is 0 Å². The summed E-state index contributed by atoms with van der Waals surface area (Å²) in [4.78, 5) is 10.4. The minimum Gasteiger partial charge on any atom is -0.481 e. The quantitative estimate of drug-likeness (QED) is 0.795. The second kappa shape index (κ2) is 4.26. The van der Waals surface area contributed by atoms with Gasteiger partial charge in [0.15, 0.2) is 5.69 Å². The third-order valence-corrected chi connectivity index (χ3v) is 1.70. The Kier molecular flexibility index (Phi) is 3.22. The van der Waals surface area contributed by atoms with Crippen LogP contribution in [-0.2, 0) is 23.9 Å². The number of aliphatic carboxylic acids is 1. The van der Waals surface area contributed by atoms with Gasteiger partial charge >= 0.3 is 12.1 Å². The summed E-state index contributed by atoms with van der Waals surface area (Å²) in [5.41, 5.74) is -1.60. The number of terminal acetylenes is 1. The number of hydrogen-bond acceptors (Lipinski definition) is 2. The molecule has 16 heavy (non-hydrogen) atoms. The zero-order chi connectivity index (χ0) is 12.3. The molecule has 0 fully saturated rings. The fraction of sp³-hybridized carbons (Fsp3) is 0.333. The maximum atomic E-state index is 12.4. The monoisotopic (exact) mass is 232 g/mol. The van der Waals surface area contributed by atoms with Gasteiger partial charge in [-0.25, -0.2) is 0 Å². The van der Waals surface area contributed by atoms with Crippen molar-refractivity contribution >= 4 is 5.97 Å². The smallest absolute Gasteiger partial charge is 0.435 e. The van der Waals surface area contributed by atoms with E-state index >= 15 is 0 Å². The van der Waals surface area contributed by atoms with Crippen LogP contribution in [0, 0.1) is 12.3 Å². The number of carbonyl (C=O) groups is 1. The summed E-state index contributed by atoms with van der Waals surface area (Å²) in [7, 11) is 0. The number of nitrogens with zero attached hydrogens (tertiary/aromatic N) is 2. The highest BCUT2D eigenvalue weighted by atomic mass is 19.4. The predicted octanol–water partition coefficient (Wildman–Crippen LogP) is 1.16. The van der Waals surface area contributed by atoms with E-state index < -0.39 is 29.8 Å². The van der Waals surface area contributed by atoms with Crippen LogP contribution in [0.5, 0.6) is 0 Å². The van der Waals surface area contributed by atoms with Gasteiger partial charge in [-0.05, 0) is 0 Å². The first kappa shape index (κ1) is 12.1. The van der Waals surface area contributed by atoms with Crippen LogP contribution in [0.25, 0.3) is 0 Å². The molecule has 1 aromatic heterocycles.